The minimum atomic E-state index is 0.421. The molecule has 1 unspecified atom stereocenters. The molecule has 0 saturated heterocycles. The van der Waals surface area contributed by atoms with E-state index in [1.54, 1.807) is 11.1 Å². The fourth-order valence-corrected chi connectivity index (χ4v) is 4.73. The summed E-state index contributed by atoms with van der Waals surface area (Å²) in [5, 5.41) is 1.41. The van der Waals surface area contributed by atoms with Crippen molar-refractivity contribution in [3.05, 3.63) is 46.5 Å². The van der Waals surface area contributed by atoms with Gasteiger partial charge in [-0.05, 0) is 72.7 Å². The van der Waals surface area contributed by atoms with Crippen molar-refractivity contribution in [2.75, 3.05) is 0 Å². The van der Waals surface area contributed by atoms with Gasteiger partial charge in [-0.1, -0.05) is 56.2 Å². The molecule has 0 saturated carbocycles. The summed E-state index contributed by atoms with van der Waals surface area (Å²) in [4.78, 5) is 0. The lowest BCUT2D eigenvalue weighted by atomic mass is 9.65. The van der Waals surface area contributed by atoms with E-state index in [9.17, 15) is 0 Å². The Morgan fingerprint density at radius 1 is 1.18 bits per heavy atom. The van der Waals surface area contributed by atoms with Gasteiger partial charge in [-0.3, -0.25) is 0 Å². The van der Waals surface area contributed by atoms with Gasteiger partial charge in [0.25, 0.3) is 0 Å². The predicted octanol–water partition coefficient (Wildman–Crippen LogP) is 6.22. The largest absolute Gasteiger partial charge is 0.118 e. The lowest BCUT2D eigenvalue weighted by Gasteiger charge is -2.41. The van der Waals surface area contributed by atoms with Crippen LogP contribution in [0.2, 0.25) is 0 Å². The maximum Gasteiger partial charge on any atom is -0.00775 e. The van der Waals surface area contributed by atoms with Gasteiger partial charge in [0.15, 0.2) is 0 Å². The van der Waals surface area contributed by atoms with Crippen LogP contribution in [-0.2, 0) is 6.42 Å². The third-order valence-electron chi connectivity index (χ3n) is 5.85. The first-order valence-corrected chi connectivity index (χ1v) is 9.40. The van der Waals surface area contributed by atoms with Gasteiger partial charge in [0, 0.05) is 0 Å². The smallest absolute Gasteiger partial charge is 0.00775 e. The van der Waals surface area contributed by atoms with Crippen LogP contribution in [0, 0.1) is 11.3 Å². The average Bonchev–Trinajstić information content (AvgIpc) is 2.54. The molecule has 22 heavy (non-hydrogen) atoms. The van der Waals surface area contributed by atoms with Gasteiger partial charge >= 0.3 is 0 Å². The first-order valence-electron chi connectivity index (χ1n) is 8.90. The fourth-order valence-electron chi connectivity index (χ4n) is 4.32. The summed E-state index contributed by atoms with van der Waals surface area (Å²) in [5.74, 6) is 0.667. The molecule has 0 amide bonds. The summed E-state index contributed by atoms with van der Waals surface area (Å²) < 4.78 is 0. The zero-order valence-corrected chi connectivity index (χ0v) is 15.3. The number of rotatable bonds is 3. The van der Waals surface area contributed by atoms with Gasteiger partial charge in [-0.15, -0.1) is 8.86 Å². The van der Waals surface area contributed by atoms with Crippen LogP contribution in [0.5, 0.6) is 0 Å². The molecule has 1 atom stereocenters. The lowest BCUT2D eigenvalue weighted by molar-refractivity contribution is 0.325. The molecule has 118 valence electrons. The van der Waals surface area contributed by atoms with E-state index >= 15 is 0 Å². The van der Waals surface area contributed by atoms with Gasteiger partial charge in [-0.25, -0.2) is 0 Å². The van der Waals surface area contributed by atoms with Gasteiger partial charge in [-0.2, -0.15) is 0 Å². The highest BCUT2D eigenvalue weighted by atomic mass is 31.0. The van der Waals surface area contributed by atoms with Crippen LogP contribution in [-0.4, -0.2) is 5.29 Å². The Kier molecular flexibility index (Phi) is 4.60. The molecule has 2 aliphatic rings. The third-order valence-corrected chi connectivity index (χ3v) is 6.55. The summed E-state index contributed by atoms with van der Waals surface area (Å²) in [7, 11) is 4.00. The van der Waals surface area contributed by atoms with E-state index in [-0.39, 0.29) is 0 Å². The molecular weight excluding hydrogens is 283 g/mol. The molecule has 0 bridgehead atoms. The van der Waals surface area contributed by atoms with E-state index in [2.05, 4.69) is 53.9 Å². The molecule has 0 radical (unpaired) electrons. The molecule has 0 aromatic heterocycles. The molecular formula is C21H29P. The van der Waals surface area contributed by atoms with Crippen molar-refractivity contribution in [1.29, 1.82) is 0 Å². The minimum absolute atomic E-state index is 0.421. The summed E-state index contributed by atoms with van der Waals surface area (Å²) in [5.41, 5.74) is 6.77. The molecule has 3 rings (SSSR count). The molecule has 0 spiro atoms. The highest BCUT2D eigenvalue weighted by Crippen LogP contribution is 2.48. The van der Waals surface area contributed by atoms with Crippen molar-refractivity contribution in [3.63, 3.8) is 0 Å². The Morgan fingerprint density at radius 2 is 1.91 bits per heavy atom. The maximum atomic E-state index is 4.00. The van der Waals surface area contributed by atoms with Crippen molar-refractivity contribution in [2.45, 2.75) is 65.7 Å². The van der Waals surface area contributed by atoms with Crippen LogP contribution in [0.15, 0.2) is 35.4 Å². The van der Waals surface area contributed by atoms with Gasteiger partial charge in [0.2, 0.25) is 0 Å². The molecule has 0 aliphatic heterocycles. The van der Waals surface area contributed by atoms with E-state index in [0.29, 0.717) is 11.3 Å². The maximum absolute atomic E-state index is 4.00. The molecule has 0 fully saturated rings. The van der Waals surface area contributed by atoms with Crippen molar-refractivity contribution >= 4 is 14.2 Å². The Morgan fingerprint density at radius 3 is 2.59 bits per heavy atom. The number of hydrogen-bond acceptors (Lipinski definition) is 0. The zero-order chi connectivity index (χ0) is 15.7. The SMILES string of the molecule is CCc1ccc(C(=P)C2CCC3=C(C2)C(C)(C)CCC3)cc1. The Balaban J connectivity index is 1.79. The summed E-state index contributed by atoms with van der Waals surface area (Å²) >= 11 is 0. The average molecular weight is 312 g/mol. The van der Waals surface area contributed by atoms with Crippen LogP contribution in [0.3, 0.4) is 0 Å². The minimum Gasteiger partial charge on any atom is -0.118 e. The van der Waals surface area contributed by atoms with E-state index in [1.807, 2.05) is 0 Å². The molecule has 0 nitrogen and oxygen atoms in total. The van der Waals surface area contributed by atoms with Gasteiger partial charge in [0.1, 0.15) is 0 Å². The molecule has 1 heteroatoms. The number of benzene rings is 1. The zero-order valence-electron chi connectivity index (χ0n) is 14.3. The number of aryl methyl sites for hydroxylation is 1. The van der Waals surface area contributed by atoms with E-state index in [0.717, 1.165) is 6.42 Å². The molecule has 0 heterocycles. The van der Waals surface area contributed by atoms with Crippen molar-refractivity contribution in [2.24, 2.45) is 11.3 Å². The molecule has 1 aromatic rings. The quantitative estimate of drug-likeness (QED) is 0.459. The highest BCUT2D eigenvalue weighted by Gasteiger charge is 2.34. The Hall–Kier alpha value is -0.870. The van der Waals surface area contributed by atoms with Crippen LogP contribution in [0.25, 0.3) is 0 Å². The van der Waals surface area contributed by atoms with Crippen molar-refractivity contribution in [1.82, 2.24) is 0 Å². The molecule has 1 aromatic carbocycles. The van der Waals surface area contributed by atoms with Crippen LogP contribution >= 0.6 is 8.86 Å². The molecule has 0 N–H and O–H groups in total. The lowest BCUT2D eigenvalue weighted by Crippen LogP contribution is -2.28. The Bertz CT molecular complexity index is 589. The summed E-state index contributed by atoms with van der Waals surface area (Å²) in [6.45, 7) is 7.12. The first-order chi connectivity index (χ1) is 10.5. The second-order valence-electron chi connectivity index (χ2n) is 7.72. The van der Waals surface area contributed by atoms with Gasteiger partial charge < -0.3 is 0 Å². The fraction of sp³-hybridized carbons (Fsp3) is 0.571. The third kappa shape index (κ3) is 3.09. The van der Waals surface area contributed by atoms with E-state index < -0.39 is 0 Å². The monoisotopic (exact) mass is 312 g/mol. The Labute approximate surface area is 138 Å². The predicted molar refractivity (Wildman–Crippen MR) is 100 cm³/mol. The van der Waals surface area contributed by atoms with Crippen LogP contribution < -0.4 is 0 Å². The van der Waals surface area contributed by atoms with Crippen molar-refractivity contribution < 1.29 is 0 Å². The van der Waals surface area contributed by atoms with Crippen LogP contribution in [0.4, 0.5) is 0 Å². The van der Waals surface area contributed by atoms with E-state index in [1.165, 1.54) is 54.9 Å². The van der Waals surface area contributed by atoms with Gasteiger partial charge in [0.05, 0.1) is 0 Å². The van der Waals surface area contributed by atoms with E-state index in [4.69, 9.17) is 0 Å². The normalized spacial score (nSPS) is 24.0. The second kappa shape index (κ2) is 6.32. The topological polar surface area (TPSA) is 0 Å². The standard InChI is InChI=1S/C21H29P/c1-4-15-7-9-17(10-8-15)20(22)18-12-11-16-6-5-13-21(2,3)19(16)14-18/h7-10,18,22H,4-6,11-14H2,1-3H3. The summed E-state index contributed by atoms with van der Waals surface area (Å²) in [6, 6.07) is 9.12. The summed E-state index contributed by atoms with van der Waals surface area (Å²) in [6.07, 6.45) is 9.10. The van der Waals surface area contributed by atoms with Crippen molar-refractivity contribution in [3.8, 4) is 0 Å². The highest BCUT2D eigenvalue weighted by molar-refractivity contribution is 7.22. The first kappa shape index (κ1) is 16.0. The second-order valence-corrected chi connectivity index (χ2v) is 8.26. The molecule has 2 aliphatic carbocycles. The number of allylic oxidation sites excluding steroid dienone is 2. The number of hydrogen-bond donors (Lipinski definition) is 0. The van der Waals surface area contributed by atoms with Crippen LogP contribution in [0.1, 0.15) is 70.4 Å².